The van der Waals surface area contributed by atoms with Crippen LogP contribution in [0.2, 0.25) is 0 Å². The van der Waals surface area contributed by atoms with Gasteiger partial charge in [0.15, 0.2) is 0 Å². The van der Waals surface area contributed by atoms with Gasteiger partial charge in [-0.05, 0) is 12.1 Å². The van der Waals surface area contributed by atoms with Crippen LogP contribution in [-0.2, 0) is 23.1 Å². The minimum Gasteiger partial charge on any atom is -0.336 e. The van der Waals surface area contributed by atoms with Gasteiger partial charge in [-0.15, -0.1) is 0 Å². The number of imidazole rings is 1. The summed E-state index contributed by atoms with van der Waals surface area (Å²) in [6.45, 7) is 0.441. The molecule has 1 aromatic heterocycles. The van der Waals surface area contributed by atoms with Gasteiger partial charge in [-0.3, -0.25) is 0 Å². The van der Waals surface area contributed by atoms with Crippen LogP contribution in [0.1, 0.15) is 5.56 Å². The Balaban J connectivity index is 2.12. The summed E-state index contributed by atoms with van der Waals surface area (Å²) in [6.07, 6.45) is 4.91. The van der Waals surface area contributed by atoms with Crippen LogP contribution >= 0.6 is 0 Å². The summed E-state index contributed by atoms with van der Waals surface area (Å²) < 4.78 is 42.0. The molecule has 1 aromatic carbocycles. The Morgan fingerprint density at radius 2 is 2.20 bits per heavy atom. The minimum absolute atomic E-state index is 0.0115. The molecule has 0 aliphatic rings. The first-order valence-electron chi connectivity index (χ1n) is 5.97. The van der Waals surface area contributed by atoms with Crippen LogP contribution in [0, 0.1) is 5.82 Å². The van der Waals surface area contributed by atoms with E-state index < -0.39 is 15.8 Å². The zero-order valence-corrected chi connectivity index (χ0v) is 11.5. The first kappa shape index (κ1) is 14.6. The van der Waals surface area contributed by atoms with E-state index in [1.54, 1.807) is 23.3 Å². The lowest BCUT2D eigenvalue weighted by Gasteiger charge is -2.11. The maximum Gasteiger partial charge on any atom is 0.241 e. The van der Waals surface area contributed by atoms with Crippen LogP contribution < -0.4 is 10.5 Å². The first-order chi connectivity index (χ1) is 9.54. The Bertz CT molecular complexity index is 671. The van der Waals surface area contributed by atoms with E-state index in [1.807, 2.05) is 0 Å². The molecule has 8 heteroatoms. The molecule has 6 nitrogen and oxygen atoms in total. The second kappa shape index (κ2) is 6.12. The fraction of sp³-hybridized carbons (Fsp3) is 0.250. The van der Waals surface area contributed by atoms with Gasteiger partial charge in [0.1, 0.15) is 5.82 Å². The van der Waals surface area contributed by atoms with Gasteiger partial charge in [0.25, 0.3) is 0 Å². The molecule has 0 unspecified atom stereocenters. The Hall–Kier alpha value is -1.77. The SMILES string of the molecule is NCc1c(F)cccc1S(=O)(=O)NCCn1ccnc1. The predicted molar refractivity (Wildman–Crippen MR) is 71.7 cm³/mol. The molecule has 0 aliphatic heterocycles. The average Bonchev–Trinajstić information content (AvgIpc) is 2.91. The van der Waals surface area contributed by atoms with Crippen LogP contribution in [-0.4, -0.2) is 24.5 Å². The maximum absolute atomic E-state index is 13.5. The van der Waals surface area contributed by atoms with Crippen LogP contribution in [0.15, 0.2) is 41.8 Å². The summed E-state index contributed by atoms with van der Waals surface area (Å²) in [6, 6.07) is 3.87. The molecule has 0 aliphatic carbocycles. The van der Waals surface area contributed by atoms with E-state index >= 15 is 0 Å². The Morgan fingerprint density at radius 1 is 1.40 bits per heavy atom. The van der Waals surface area contributed by atoms with Gasteiger partial charge in [0.05, 0.1) is 11.2 Å². The highest BCUT2D eigenvalue weighted by atomic mass is 32.2. The number of halogens is 1. The van der Waals surface area contributed by atoms with E-state index in [2.05, 4.69) is 9.71 Å². The molecule has 0 fully saturated rings. The largest absolute Gasteiger partial charge is 0.336 e. The van der Waals surface area contributed by atoms with Crippen molar-refractivity contribution >= 4 is 10.0 Å². The van der Waals surface area contributed by atoms with E-state index in [9.17, 15) is 12.8 Å². The third-order valence-electron chi connectivity index (χ3n) is 2.79. The molecule has 0 saturated carbocycles. The molecule has 0 amide bonds. The number of hydrogen-bond donors (Lipinski definition) is 2. The van der Waals surface area contributed by atoms with E-state index in [4.69, 9.17) is 5.73 Å². The lowest BCUT2D eigenvalue weighted by molar-refractivity contribution is 0.564. The normalized spacial score (nSPS) is 11.7. The molecule has 3 N–H and O–H groups in total. The zero-order valence-electron chi connectivity index (χ0n) is 10.7. The van der Waals surface area contributed by atoms with Crippen molar-refractivity contribution in [2.45, 2.75) is 18.0 Å². The molecule has 1 heterocycles. The number of rotatable bonds is 6. The van der Waals surface area contributed by atoms with E-state index in [0.717, 1.165) is 0 Å². The van der Waals surface area contributed by atoms with Gasteiger partial charge < -0.3 is 10.3 Å². The second-order valence-electron chi connectivity index (χ2n) is 4.12. The number of hydrogen-bond acceptors (Lipinski definition) is 4. The summed E-state index contributed by atoms with van der Waals surface area (Å²) in [5, 5.41) is 0. The van der Waals surface area contributed by atoms with Crippen LogP contribution in [0.5, 0.6) is 0 Å². The zero-order chi connectivity index (χ0) is 14.6. The number of sulfonamides is 1. The standard InChI is InChI=1S/C12H15FN4O2S/c13-11-2-1-3-12(10(11)8-14)20(18,19)16-5-7-17-6-4-15-9-17/h1-4,6,9,16H,5,7-8,14H2. The molecule has 2 aromatic rings. The first-order valence-corrected chi connectivity index (χ1v) is 7.46. The van der Waals surface area contributed by atoms with Crippen molar-refractivity contribution < 1.29 is 12.8 Å². The smallest absolute Gasteiger partial charge is 0.241 e. The molecule has 0 saturated heterocycles. The van der Waals surface area contributed by atoms with Crippen molar-refractivity contribution in [1.82, 2.24) is 14.3 Å². The van der Waals surface area contributed by atoms with E-state index in [1.165, 1.54) is 18.2 Å². The monoisotopic (exact) mass is 298 g/mol. The summed E-state index contributed by atoms with van der Waals surface area (Å²) in [5.41, 5.74) is 5.40. The third kappa shape index (κ3) is 3.21. The quantitative estimate of drug-likeness (QED) is 0.810. The average molecular weight is 298 g/mol. The Kier molecular flexibility index (Phi) is 4.48. The van der Waals surface area contributed by atoms with Crippen molar-refractivity contribution in [2.75, 3.05) is 6.54 Å². The molecule has 0 bridgehead atoms. The molecular formula is C12H15FN4O2S. The summed E-state index contributed by atoms with van der Waals surface area (Å²) in [5.74, 6) is -0.620. The van der Waals surface area contributed by atoms with Crippen LogP contribution in [0.3, 0.4) is 0 Å². The second-order valence-corrected chi connectivity index (χ2v) is 5.85. The molecular weight excluding hydrogens is 283 g/mol. The number of nitrogens with two attached hydrogens (primary N) is 1. The van der Waals surface area contributed by atoms with Crippen molar-refractivity contribution in [3.05, 3.63) is 48.3 Å². The van der Waals surface area contributed by atoms with Crippen molar-refractivity contribution in [3.63, 3.8) is 0 Å². The Labute approximate surface area is 116 Å². The van der Waals surface area contributed by atoms with Crippen molar-refractivity contribution in [2.24, 2.45) is 5.73 Å². The molecule has 0 atom stereocenters. The minimum atomic E-state index is -3.78. The topological polar surface area (TPSA) is 90.0 Å². The van der Waals surface area contributed by atoms with Gasteiger partial charge in [0, 0.05) is 37.6 Å². The lowest BCUT2D eigenvalue weighted by atomic mass is 10.2. The van der Waals surface area contributed by atoms with Gasteiger partial charge in [-0.2, -0.15) is 0 Å². The number of nitrogens with one attached hydrogen (secondary N) is 1. The fourth-order valence-electron chi connectivity index (χ4n) is 1.79. The van der Waals surface area contributed by atoms with Gasteiger partial charge in [-0.1, -0.05) is 6.07 Å². The molecule has 0 spiro atoms. The third-order valence-corrected chi connectivity index (χ3v) is 4.34. The summed E-state index contributed by atoms with van der Waals surface area (Å²) in [4.78, 5) is 3.73. The summed E-state index contributed by atoms with van der Waals surface area (Å²) in [7, 11) is -3.78. The van der Waals surface area contributed by atoms with Gasteiger partial charge >= 0.3 is 0 Å². The highest BCUT2D eigenvalue weighted by molar-refractivity contribution is 7.89. The van der Waals surface area contributed by atoms with E-state index in [-0.39, 0.29) is 23.5 Å². The number of aromatic nitrogens is 2. The van der Waals surface area contributed by atoms with Crippen LogP contribution in [0.25, 0.3) is 0 Å². The van der Waals surface area contributed by atoms with Crippen molar-refractivity contribution in [3.8, 4) is 0 Å². The van der Waals surface area contributed by atoms with Crippen LogP contribution in [0.4, 0.5) is 4.39 Å². The number of benzene rings is 1. The van der Waals surface area contributed by atoms with Gasteiger partial charge in [-0.25, -0.2) is 22.5 Å². The lowest BCUT2D eigenvalue weighted by Crippen LogP contribution is -2.28. The maximum atomic E-state index is 13.5. The fourth-order valence-corrected chi connectivity index (χ4v) is 3.07. The van der Waals surface area contributed by atoms with Gasteiger partial charge in [0.2, 0.25) is 10.0 Å². The highest BCUT2D eigenvalue weighted by Gasteiger charge is 2.19. The Morgan fingerprint density at radius 3 is 2.85 bits per heavy atom. The predicted octanol–water partition coefficient (Wildman–Crippen LogP) is 0.459. The van der Waals surface area contributed by atoms with Crippen molar-refractivity contribution in [1.29, 1.82) is 0 Å². The molecule has 20 heavy (non-hydrogen) atoms. The highest BCUT2D eigenvalue weighted by Crippen LogP contribution is 2.18. The summed E-state index contributed by atoms with van der Waals surface area (Å²) >= 11 is 0. The molecule has 0 radical (unpaired) electrons. The van der Waals surface area contributed by atoms with E-state index in [0.29, 0.717) is 6.54 Å². The molecule has 2 rings (SSSR count). The number of nitrogens with zero attached hydrogens (tertiary/aromatic N) is 2. The molecule has 108 valence electrons.